The molecular formula is C29H16F8N2O. The Morgan fingerprint density at radius 1 is 0.800 bits per heavy atom. The second kappa shape index (κ2) is 11.6. The first-order chi connectivity index (χ1) is 19.0. The number of halogens is 8. The van der Waals surface area contributed by atoms with Crippen molar-refractivity contribution in [3.05, 3.63) is 125 Å². The average Bonchev–Trinajstić information content (AvgIpc) is 2.89. The number of hydrogen-bond donors (Lipinski definition) is 0. The van der Waals surface area contributed by atoms with Gasteiger partial charge in [-0.15, -0.1) is 6.58 Å². The van der Waals surface area contributed by atoms with Crippen molar-refractivity contribution in [1.29, 1.82) is 0 Å². The molecule has 40 heavy (non-hydrogen) atoms. The molecule has 0 aliphatic carbocycles. The van der Waals surface area contributed by atoms with Gasteiger partial charge >= 0.3 is 6.11 Å². The van der Waals surface area contributed by atoms with Crippen LogP contribution in [0.5, 0.6) is 5.75 Å². The lowest BCUT2D eigenvalue weighted by Gasteiger charge is -2.20. The average molecular weight is 560 g/mol. The van der Waals surface area contributed by atoms with Crippen molar-refractivity contribution in [2.45, 2.75) is 19.0 Å². The van der Waals surface area contributed by atoms with Crippen molar-refractivity contribution in [2.75, 3.05) is 0 Å². The quantitative estimate of drug-likeness (QED) is 0.101. The number of ether oxygens (including phenoxy) is 1. The molecule has 0 aliphatic rings. The van der Waals surface area contributed by atoms with Gasteiger partial charge in [-0.1, -0.05) is 18.1 Å². The minimum atomic E-state index is -4.77. The molecule has 0 N–H and O–H groups in total. The highest BCUT2D eigenvalue weighted by molar-refractivity contribution is 5.66. The molecule has 3 aromatic carbocycles. The predicted molar refractivity (Wildman–Crippen MR) is 129 cm³/mol. The van der Waals surface area contributed by atoms with E-state index in [0.717, 1.165) is 24.1 Å². The summed E-state index contributed by atoms with van der Waals surface area (Å²) >= 11 is 0. The molecule has 204 valence electrons. The van der Waals surface area contributed by atoms with Gasteiger partial charge < -0.3 is 4.74 Å². The number of aryl methyl sites for hydroxylation is 1. The summed E-state index contributed by atoms with van der Waals surface area (Å²) in [5.74, 6) is -6.00. The van der Waals surface area contributed by atoms with Crippen molar-refractivity contribution in [2.24, 2.45) is 0 Å². The van der Waals surface area contributed by atoms with Crippen LogP contribution < -0.4 is 4.74 Å². The Hall–Kier alpha value is -4.72. The zero-order valence-electron chi connectivity index (χ0n) is 20.2. The Morgan fingerprint density at radius 2 is 1.43 bits per heavy atom. The maximum atomic E-state index is 14.8. The molecule has 0 aliphatic heterocycles. The highest BCUT2D eigenvalue weighted by atomic mass is 19.3. The zero-order chi connectivity index (χ0) is 29.0. The Kier molecular flexibility index (Phi) is 8.18. The number of hydrogen-bond acceptors (Lipinski definition) is 3. The first kappa shape index (κ1) is 28.3. The molecule has 4 rings (SSSR count). The van der Waals surface area contributed by atoms with E-state index >= 15 is 0 Å². The van der Waals surface area contributed by atoms with Crippen molar-refractivity contribution < 1.29 is 39.9 Å². The number of alkyl halides is 2. The van der Waals surface area contributed by atoms with E-state index in [-0.39, 0.29) is 29.1 Å². The Bertz CT molecular complexity index is 1600. The van der Waals surface area contributed by atoms with Crippen molar-refractivity contribution in [1.82, 2.24) is 9.97 Å². The second-order valence-corrected chi connectivity index (χ2v) is 8.32. The molecule has 0 atom stereocenters. The first-order valence-corrected chi connectivity index (χ1v) is 11.4. The van der Waals surface area contributed by atoms with Gasteiger partial charge in [0.1, 0.15) is 28.8 Å². The second-order valence-electron chi connectivity index (χ2n) is 8.32. The minimum absolute atomic E-state index is 0.0852. The topological polar surface area (TPSA) is 35.0 Å². The van der Waals surface area contributed by atoms with Crippen LogP contribution in [0, 0.1) is 46.7 Å². The molecule has 0 bridgehead atoms. The van der Waals surface area contributed by atoms with E-state index < -0.39 is 57.9 Å². The van der Waals surface area contributed by atoms with Crippen LogP contribution in [0.4, 0.5) is 35.1 Å². The van der Waals surface area contributed by atoms with E-state index in [2.05, 4.69) is 33.1 Å². The Balaban J connectivity index is 1.57. The standard InChI is InChI=1S/C29H16F8N2O/c1-2-3-4-17-14-38-26(39-15-17)8-6-16-5-7-20(21(30)9-16)18-10-22(31)27(23(32)11-18)29(36,37)40-19-12-24(33)28(35)25(34)13-19/h2,5,7,9-15H,1,3-4H2. The van der Waals surface area contributed by atoms with E-state index in [1.165, 1.54) is 6.07 Å². The molecule has 0 saturated carbocycles. The minimum Gasteiger partial charge on any atom is -0.429 e. The number of rotatable bonds is 7. The monoisotopic (exact) mass is 560 g/mol. The van der Waals surface area contributed by atoms with Crippen molar-refractivity contribution in [3.63, 3.8) is 0 Å². The normalized spacial score (nSPS) is 11.1. The Morgan fingerprint density at radius 3 is 2.00 bits per heavy atom. The van der Waals surface area contributed by atoms with Crippen LogP contribution in [0.3, 0.4) is 0 Å². The smallest absolute Gasteiger partial charge is 0.429 e. The van der Waals surface area contributed by atoms with Crippen LogP contribution in [-0.2, 0) is 12.5 Å². The van der Waals surface area contributed by atoms with E-state index in [1.807, 2.05) is 0 Å². The zero-order valence-corrected chi connectivity index (χ0v) is 20.2. The highest BCUT2D eigenvalue weighted by Crippen LogP contribution is 2.38. The van der Waals surface area contributed by atoms with Gasteiger partial charge in [0.05, 0.1) is 0 Å². The molecule has 0 fully saturated rings. The van der Waals surface area contributed by atoms with Gasteiger partial charge in [-0.25, -0.2) is 36.3 Å². The highest BCUT2D eigenvalue weighted by Gasteiger charge is 2.41. The van der Waals surface area contributed by atoms with Gasteiger partial charge in [0.25, 0.3) is 0 Å². The molecule has 0 radical (unpaired) electrons. The van der Waals surface area contributed by atoms with Crippen LogP contribution >= 0.6 is 0 Å². The molecule has 3 nitrogen and oxygen atoms in total. The molecule has 11 heteroatoms. The van der Waals surface area contributed by atoms with E-state index in [1.54, 1.807) is 18.5 Å². The van der Waals surface area contributed by atoms with Crippen LogP contribution in [0.2, 0.25) is 0 Å². The third-order valence-electron chi connectivity index (χ3n) is 5.48. The van der Waals surface area contributed by atoms with Crippen LogP contribution in [-0.4, -0.2) is 9.97 Å². The fraction of sp³-hybridized carbons (Fsp3) is 0.103. The largest absolute Gasteiger partial charge is 0.432 e. The number of allylic oxidation sites excluding steroid dienone is 1. The van der Waals surface area contributed by atoms with Gasteiger partial charge in [0.15, 0.2) is 17.5 Å². The molecule has 0 unspecified atom stereocenters. The summed E-state index contributed by atoms with van der Waals surface area (Å²) in [6.45, 7) is 3.64. The summed E-state index contributed by atoms with van der Waals surface area (Å²) in [5.41, 5.74) is -1.60. The molecular weight excluding hydrogens is 544 g/mol. The number of nitrogens with zero attached hydrogens (tertiary/aromatic N) is 2. The van der Waals surface area contributed by atoms with Crippen LogP contribution in [0.15, 0.2) is 67.5 Å². The van der Waals surface area contributed by atoms with Crippen molar-refractivity contribution in [3.8, 4) is 28.7 Å². The summed E-state index contributed by atoms with van der Waals surface area (Å²) in [4.78, 5) is 8.20. The fourth-order valence-corrected chi connectivity index (χ4v) is 3.57. The summed E-state index contributed by atoms with van der Waals surface area (Å²) < 4.78 is 117. The lowest BCUT2D eigenvalue weighted by atomic mass is 10.0. The van der Waals surface area contributed by atoms with Gasteiger partial charge in [-0.05, 0) is 54.2 Å². The van der Waals surface area contributed by atoms with Crippen LogP contribution in [0.25, 0.3) is 11.1 Å². The molecule has 1 aromatic heterocycles. The van der Waals surface area contributed by atoms with Crippen molar-refractivity contribution >= 4 is 0 Å². The molecule has 0 spiro atoms. The lowest BCUT2D eigenvalue weighted by Crippen LogP contribution is -2.25. The van der Waals surface area contributed by atoms with Gasteiger partial charge in [-0.2, -0.15) is 8.78 Å². The number of aromatic nitrogens is 2. The predicted octanol–water partition coefficient (Wildman–Crippen LogP) is 7.62. The third kappa shape index (κ3) is 6.29. The van der Waals surface area contributed by atoms with Gasteiger partial charge in [0.2, 0.25) is 5.82 Å². The molecule has 0 saturated heterocycles. The third-order valence-corrected chi connectivity index (χ3v) is 5.48. The van der Waals surface area contributed by atoms with E-state index in [9.17, 15) is 35.1 Å². The van der Waals surface area contributed by atoms with Gasteiger partial charge in [-0.3, -0.25) is 0 Å². The fourth-order valence-electron chi connectivity index (χ4n) is 3.57. The summed E-state index contributed by atoms with van der Waals surface area (Å²) in [5, 5.41) is 0. The molecule has 1 heterocycles. The van der Waals surface area contributed by atoms with E-state index in [4.69, 9.17) is 0 Å². The maximum Gasteiger partial charge on any atom is 0.432 e. The Labute approximate surface area is 222 Å². The first-order valence-electron chi connectivity index (χ1n) is 11.4. The summed E-state index contributed by atoms with van der Waals surface area (Å²) in [7, 11) is 0. The van der Waals surface area contributed by atoms with E-state index in [0.29, 0.717) is 18.6 Å². The summed E-state index contributed by atoms with van der Waals surface area (Å²) in [6, 6.07) is 4.50. The molecule has 4 aromatic rings. The number of benzene rings is 3. The SMILES string of the molecule is C=CCCc1cnc(C#Cc2ccc(-c3cc(F)c(C(F)(F)Oc4cc(F)c(F)c(F)c4)c(F)c3)c(F)c2)nc1. The molecule has 0 amide bonds. The lowest BCUT2D eigenvalue weighted by molar-refractivity contribution is -0.189. The summed E-state index contributed by atoms with van der Waals surface area (Å²) in [6.07, 6.45) is 1.66. The maximum absolute atomic E-state index is 14.8. The van der Waals surface area contributed by atoms with Crippen LogP contribution in [0.1, 0.15) is 28.9 Å². The van der Waals surface area contributed by atoms with Gasteiger partial charge in [0, 0.05) is 35.7 Å².